The van der Waals surface area contributed by atoms with Crippen molar-refractivity contribution in [3.8, 4) is 5.82 Å². The smallest absolute Gasteiger partial charge is 0.183 e. The Morgan fingerprint density at radius 1 is 0.767 bits per heavy atom. The Bertz CT molecular complexity index is 1210. The molecule has 0 radical (unpaired) electrons. The monoisotopic (exact) mass is 418 g/mol. The van der Waals surface area contributed by atoms with Gasteiger partial charge in [0.15, 0.2) is 11.6 Å². The van der Waals surface area contributed by atoms with Gasteiger partial charge in [-0.25, -0.2) is 4.68 Å². The topological polar surface area (TPSA) is 50.1 Å². The van der Waals surface area contributed by atoms with Gasteiger partial charge < -0.3 is 9.80 Å². The summed E-state index contributed by atoms with van der Waals surface area (Å²) in [5, 5.41) is 16.8. The first-order valence-electron chi connectivity index (χ1n) is 10.1. The molecule has 1 aliphatic heterocycles. The molecule has 0 N–H and O–H groups in total. The summed E-state index contributed by atoms with van der Waals surface area (Å²) in [4.78, 5) is 4.68. The van der Waals surface area contributed by atoms with Gasteiger partial charge >= 0.3 is 0 Å². The van der Waals surface area contributed by atoms with Crippen LogP contribution in [0.5, 0.6) is 0 Å². The van der Waals surface area contributed by atoms with Gasteiger partial charge in [-0.15, -0.1) is 10.2 Å². The predicted molar refractivity (Wildman–Crippen MR) is 122 cm³/mol. The third-order valence-corrected chi connectivity index (χ3v) is 5.85. The second kappa shape index (κ2) is 7.61. The molecule has 0 atom stereocenters. The molecule has 2 aromatic heterocycles. The quantitative estimate of drug-likeness (QED) is 0.493. The van der Waals surface area contributed by atoms with Gasteiger partial charge in [-0.2, -0.15) is 5.10 Å². The van der Waals surface area contributed by atoms with Crippen molar-refractivity contribution in [1.82, 2.24) is 20.0 Å². The Labute approximate surface area is 180 Å². The second-order valence-corrected chi connectivity index (χ2v) is 8.12. The molecule has 6 nitrogen and oxygen atoms in total. The Hall–Kier alpha value is -3.12. The fraction of sp³-hybridized carbons (Fsp3) is 0.261. The SMILES string of the molecule is Cc1cc(C)n(-c2nnc(N3CCN(c4cccc(Cl)c4)CC3)c3ccccc23)n1. The van der Waals surface area contributed by atoms with Crippen LogP contribution in [0, 0.1) is 13.8 Å². The first kappa shape index (κ1) is 18.9. The number of rotatable bonds is 3. The number of hydrogen-bond donors (Lipinski definition) is 0. The highest BCUT2D eigenvalue weighted by molar-refractivity contribution is 6.30. The Kier molecular flexibility index (Phi) is 4.79. The van der Waals surface area contributed by atoms with E-state index in [9.17, 15) is 0 Å². The van der Waals surface area contributed by atoms with Crippen molar-refractivity contribution in [2.75, 3.05) is 36.0 Å². The van der Waals surface area contributed by atoms with Crippen LogP contribution >= 0.6 is 11.6 Å². The summed E-state index contributed by atoms with van der Waals surface area (Å²) < 4.78 is 1.88. The van der Waals surface area contributed by atoms with Crippen molar-refractivity contribution in [3.63, 3.8) is 0 Å². The minimum Gasteiger partial charge on any atom is -0.368 e. The zero-order valence-corrected chi connectivity index (χ0v) is 17.8. The molecular formula is C23H23ClN6. The summed E-state index contributed by atoms with van der Waals surface area (Å²) in [6.45, 7) is 7.62. The molecule has 1 aliphatic rings. The van der Waals surface area contributed by atoms with Crippen LogP contribution in [0.1, 0.15) is 11.4 Å². The van der Waals surface area contributed by atoms with Crippen molar-refractivity contribution in [2.24, 2.45) is 0 Å². The molecule has 0 aliphatic carbocycles. The third-order valence-electron chi connectivity index (χ3n) is 5.61. The zero-order chi connectivity index (χ0) is 20.7. The van der Waals surface area contributed by atoms with Crippen LogP contribution in [0.3, 0.4) is 0 Å². The first-order valence-corrected chi connectivity index (χ1v) is 10.5. The van der Waals surface area contributed by atoms with E-state index in [0.717, 1.165) is 70.7 Å². The van der Waals surface area contributed by atoms with Crippen LogP contribution in [0.25, 0.3) is 16.6 Å². The summed E-state index contributed by atoms with van der Waals surface area (Å²) >= 11 is 6.17. The number of hydrogen-bond acceptors (Lipinski definition) is 5. The number of benzene rings is 2. The molecular weight excluding hydrogens is 396 g/mol. The molecule has 30 heavy (non-hydrogen) atoms. The minimum absolute atomic E-state index is 0.770. The van der Waals surface area contributed by atoms with Gasteiger partial charge in [-0.3, -0.25) is 0 Å². The summed E-state index contributed by atoms with van der Waals surface area (Å²) in [7, 11) is 0. The normalized spacial score (nSPS) is 14.5. The molecule has 1 fully saturated rings. The largest absolute Gasteiger partial charge is 0.368 e. The highest BCUT2D eigenvalue weighted by Crippen LogP contribution is 2.29. The average molecular weight is 419 g/mol. The number of aromatic nitrogens is 4. The number of aryl methyl sites for hydroxylation is 2. The van der Waals surface area contributed by atoms with Crippen molar-refractivity contribution >= 4 is 33.9 Å². The van der Waals surface area contributed by atoms with Gasteiger partial charge in [0, 0.05) is 53.4 Å². The summed E-state index contributed by atoms with van der Waals surface area (Å²) in [6.07, 6.45) is 0. The number of halogens is 1. The van der Waals surface area contributed by atoms with Crippen LogP contribution in [-0.2, 0) is 0 Å². The van der Waals surface area contributed by atoms with Crippen LogP contribution < -0.4 is 9.80 Å². The molecule has 3 heterocycles. The van der Waals surface area contributed by atoms with Crippen molar-refractivity contribution < 1.29 is 0 Å². The highest BCUT2D eigenvalue weighted by atomic mass is 35.5. The second-order valence-electron chi connectivity index (χ2n) is 7.69. The van der Waals surface area contributed by atoms with E-state index in [4.69, 9.17) is 11.6 Å². The maximum absolute atomic E-state index is 6.17. The van der Waals surface area contributed by atoms with E-state index < -0.39 is 0 Å². The molecule has 5 rings (SSSR count). The molecule has 0 spiro atoms. The van der Waals surface area contributed by atoms with E-state index in [0.29, 0.717) is 0 Å². The van der Waals surface area contributed by atoms with E-state index in [2.05, 4.69) is 55.4 Å². The van der Waals surface area contributed by atoms with Gasteiger partial charge in [0.05, 0.1) is 5.69 Å². The molecule has 152 valence electrons. The van der Waals surface area contributed by atoms with Crippen LogP contribution in [0.15, 0.2) is 54.6 Å². The van der Waals surface area contributed by atoms with E-state index >= 15 is 0 Å². The lowest BCUT2D eigenvalue weighted by atomic mass is 10.1. The number of nitrogens with zero attached hydrogens (tertiary/aromatic N) is 6. The highest BCUT2D eigenvalue weighted by Gasteiger charge is 2.22. The summed E-state index contributed by atoms with van der Waals surface area (Å²) in [5.41, 5.74) is 3.19. The van der Waals surface area contributed by atoms with E-state index in [1.165, 1.54) is 0 Å². The maximum atomic E-state index is 6.17. The number of anilines is 2. The van der Waals surface area contributed by atoms with Crippen molar-refractivity contribution in [3.05, 3.63) is 71.0 Å². The van der Waals surface area contributed by atoms with Gasteiger partial charge in [0.2, 0.25) is 0 Å². The lowest BCUT2D eigenvalue weighted by Gasteiger charge is -2.37. The fourth-order valence-corrected chi connectivity index (χ4v) is 4.34. The molecule has 2 aromatic carbocycles. The lowest BCUT2D eigenvalue weighted by molar-refractivity contribution is 0.644. The van der Waals surface area contributed by atoms with E-state index in [-0.39, 0.29) is 0 Å². The molecule has 4 aromatic rings. The maximum Gasteiger partial charge on any atom is 0.183 e. The van der Waals surface area contributed by atoms with Crippen LogP contribution in [0.4, 0.5) is 11.5 Å². The van der Waals surface area contributed by atoms with Gasteiger partial charge in [-0.05, 0) is 38.1 Å². The predicted octanol–water partition coefficient (Wildman–Crippen LogP) is 4.41. The van der Waals surface area contributed by atoms with Crippen LogP contribution in [0.2, 0.25) is 5.02 Å². The van der Waals surface area contributed by atoms with E-state index in [1.807, 2.05) is 42.8 Å². The summed E-state index contributed by atoms with van der Waals surface area (Å²) in [5.74, 6) is 1.71. The molecule has 0 amide bonds. The molecule has 0 unspecified atom stereocenters. The number of piperazine rings is 1. The fourth-order valence-electron chi connectivity index (χ4n) is 4.16. The first-order chi connectivity index (χ1) is 14.6. The Balaban J connectivity index is 1.46. The summed E-state index contributed by atoms with van der Waals surface area (Å²) in [6, 6.07) is 18.4. The van der Waals surface area contributed by atoms with Gasteiger partial charge in [-0.1, -0.05) is 41.9 Å². The standard InChI is InChI=1S/C23H23ClN6/c1-16-14-17(2)30(27-16)23-21-9-4-3-8-20(21)22(25-26-23)29-12-10-28(11-13-29)19-7-5-6-18(24)15-19/h3-9,14-15H,10-13H2,1-2H3. The molecule has 1 saturated heterocycles. The Morgan fingerprint density at radius 2 is 1.43 bits per heavy atom. The average Bonchev–Trinajstić information content (AvgIpc) is 3.11. The van der Waals surface area contributed by atoms with Gasteiger partial charge in [0.1, 0.15) is 0 Å². The molecule has 0 saturated carbocycles. The lowest BCUT2D eigenvalue weighted by Crippen LogP contribution is -2.47. The minimum atomic E-state index is 0.770. The molecule has 7 heteroatoms. The van der Waals surface area contributed by atoms with Crippen molar-refractivity contribution in [1.29, 1.82) is 0 Å². The molecule has 0 bridgehead atoms. The third kappa shape index (κ3) is 3.37. The zero-order valence-electron chi connectivity index (χ0n) is 17.1. The van der Waals surface area contributed by atoms with Gasteiger partial charge in [0.25, 0.3) is 0 Å². The number of fused-ring (bicyclic) bond motifs is 1. The van der Waals surface area contributed by atoms with Crippen molar-refractivity contribution in [2.45, 2.75) is 13.8 Å². The van der Waals surface area contributed by atoms with Crippen LogP contribution in [-0.4, -0.2) is 46.2 Å². The Morgan fingerprint density at radius 3 is 2.10 bits per heavy atom. The van der Waals surface area contributed by atoms with E-state index in [1.54, 1.807) is 0 Å².